The molecule has 0 aliphatic heterocycles. The lowest BCUT2D eigenvalue weighted by Gasteiger charge is -2.09. The number of carbonyl (C=O) groups excluding carboxylic acids is 1. The van der Waals surface area contributed by atoms with Gasteiger partial charge in [0, 0.05) is 11.1 Å². The first-order valence-corrected chi connectivity index (χ1v) is 4.74. The van der Waals surface area contributed by atoms with E-state index in [2.05, 4.69) is 6.58 Å². The van der Waals surface area contributed by atoms with Crippen LogP contribution < -0.4 is 4.74 Å². The van der Waals surface area contributed by atoms with Gasteiger partial charge in [-0.1, -0.05) is 19.6 Å². The first kappa shape index (κ1) is 11.3. The van der Waals surface area contributed by atoms with E-state index in [4.69, 9.17) is 4.74 Å². The van der Waals surface area contributed by atoms with Crippen molar-refractivity contribution in [3.05, 3.63) is 35.9 Å². The van der Waals surface area contributed by atoms with Gasteiger partial charge in [-0.15, -0.1) is 0 Å². The maximum absolute atomic E-state index is 11.3. The third-order valence-corrected chi connectivity index (χ3v) is 2.01. The number of aromatic hydroxyl groups is 1. The van der Waals surface area contributed by atoms with Crippen molar-refractivity contribution >= 4 is 5.97 Å². The quantitative estimate of drug-likeness (QED) is 0.469. The molecule has 0 bridgehead atoms. The standard InChI is InChI=1S/C12H14O3/c1-4-9-10(13)6-5-7-11(9)15-12(14)8(2)3/h5-7,13H,2,4H2,1,3H3. The second-order valence-corrected chi connectivity index (χ2v) is 3.28. The van der Waals surface area contributed by atoms with Crippen LogP contribution in [0.3, 0.4) is 0 Å². The Morgan fingerprint density at radius 1 is 1.53 bits per heavy atom. The summed E-state index contributed by atoms with van der Waals surface area (Å²) in [4.78, 5) is 11.3. The van der Waals surface area contributed by atoms with Gasteiger partial charge in [0.25, 0.3) is 0 Å². The van der Waals surface area contributed by atoms with Gasteiger partial charge in [-0.25, -0.2) is 4.79 Å². The zero-order valence-electron chi connectivity index (χ0n) is 8.91. The molecule has 0 aliphatic rings. The SMILES string of the molecule is C=C(C)C(=O)Oc1cccc(O)c1CC. The molecule has 0 heterocycles. The molecular weight excluding hydrogens is 192 g/mol. The molecule has 0 unspecified atom stereocenters. The fraction of sp³-hybridized carbons (Fsp3) is 0.250. The van der Waals surface area contributed by atoms with Gasteiger partial charge in [0.15, 0.2) is 0 Å². The van der Waals surface area contributed by atoms with Crippen molar-refractivity contribution in [3.8, 4) is 11.5 Å². The maximum atomic E-state index is 11.3. The fourth-order valence-corrected chi connectivity index (χ4v) is 1.19. The van der Waals surface area contributed by atoms with E-state index in [9.17, 15) is 9.90 Å². The zero-order valence-corrected chi connectivity index (χ0v) is 8.91. The van der Waals surface area contributed by atoms with E-state index in [-0.39, 0.29) is 5.75 Å². The van der Waals surface area contributed by atoms with Crippen LogP contribution in [-0.2, 0) is 11.2 Å². The van der Waals surface area contributed by atoms with Gasteiger partial charge in [0.2, 0.25) is 0 Å². The molecule has 0 spiro atoms. The molecule has 0 radical (unpaired) electrons. The highest BCUT2D eigenvalue weighted by molar-refractivity contribution is 5.89. The summed E-state index contributed by atoms with van der Waals surface area (Å²) in [5, 5.41) is 9.53. The Hall–Kier alpha value is -1.77. The average molecular weight is 206 g/mol. The number of ether oxygens (including phenoxy) is 1. The zero-order chi connectivity index (χ0) is 11.4. The van der Waals surface area contributed by atoms with Crippen LogP contribution >= 0.6 is 0 Å². The summed E-state index contributed by atoms with van der Waals surface area (Å²) in [6.07, 6.45) is 0.603. The van der Waals surface area contributed by atoms with Crippen LogP contribution in [0.4, 0.5) is 0 Å². The van der Waals surface area contributed by atoms with Crippen molar-refractivity contribution in [1.82, 2.24) is 0 Å². The summed E-state index contributed by atoms with van der Waals surface area (Å²) in [6.45, 7) is 6.95. The molecule has 1 N–H and O–H groups in total. The lowest BCUT2D eigenvalue weighted by molar-refractivity contribution is -0.130. The van der Waals surface area contributed by atoms with Crippen LogP contribution in [0.5, 0.6) is 11.5 Å². The molecule has 0 atom stereocenters. The molecule has 0 aliphatic carbocycles. The minimum Gasteiger partial charge on any atom is -0.508 e. The van der Waals surface area contributed by atoms with Crippen molar-refractivity contribution in [2.45, 2.75) is 20.3 Å². The Balaban J connectivity index is 2.99. The second-order valence-electron chi connectivity index (χ2n) is 3.28. The van der Waals surface area contributed by atoms with E-state index < -0.39 is 5.97 Å². The van der Waals surface area contributed by atoms with Crippen LogP contribution in [0.1, 0.15) is 19.4 Å². The van der Waals surface area contributed by atoms with Gasteiger partial charge in [0.1, 0.15) is 11.5 Å². The first-order valence-electron chi connectivity index (χ1n) is 4.74. The topological polar surface area (TPSA) is 46.5 Å². The van der Waals surface area contributed by atoms with Crippen molar-refractivity contribution < 1.29 is 14.6 Å². The Bertz CT molecular complexity index is 394. The monoisotopic (exact) mass is 206 g/mol. The van der Waals surface area contributed by atoms with Crippen molar-refractivity contribution in [2.75, 3.05) is 0 Å². The highest BCUT2D eigenvalue weighted by atomic mass is 16.5. The molecule has 15 heavy (non-hydrogen) atoms. The highest BCUT2D eigenvalue weighted by Gasteiger charge is 2.11. The van der Waals surface area contributed by atoms with Crippen LogP contribution in [0.15, 0.2) is 30.4 Å². The van der Waals surface area contributed by atoms with Gasteiger partial charge < -0.3 is 9.84 Å². The number of hydrogen-bond donors (Lipinski definition) is 1. The number of rotatable bonds is 3. The third kappa shape index (κ3) is 2.59. The number of benzene rings is 1. The molecule has 0 saturated heterocycles. The second kappa shape index (κ2) is 4.64. The van der Waals surface area contributed by atoms with E-state index in [1.165, 1.54) is 0 Å². The van der Waals surface area contributed by atoms with Gasteiger partial charge in [-0.2, -0.15) is 0 Å². The highest BCUT2D eigenvalue weighted by Crippen LogP contribution is 2.28. The summed E-state index contributed by atoms with van der Waals surface area (Å²) in [7, 11) is 0. The van der Waals surface area contributed by atoms with Gasteiger partial charge >= 0.3 is 5.97 Å². The van der Waals surface area contributed by atoms with E-state index in [1.807, 2.05) is 6.92 Å². The smallest absolute Gasteiger partial charge is 0.338 e. The molecule has 1 aromatic rings. The predicted molar refractivity (Wildman–Crippen MR) is 57.9 cm³/mol. The lowest BCUT2D eigenvalue weighted by atomic mass is 10.1. The molecule has 0 amide bonds. The molecule has 0 aromatic heterocycles. The summed E-state index contributed by atoms with van der Waals surface area (Å²) < 4.78 is 5.08. The minimum atomic E-state index is -0.477. The molecule has 0 saturated carbocycles. The van der Waals surface area contributed by atoms with Crippen molar-refractivity contribution in [2.24, 2.45) is 0 Å². The normalized spacial score (nSPS) is 9.73. The van der Waals surface area contributed by atoms with E-state index >= 15 is 0 Å². The number of hydrogen-bond acceptors (Lipinski definition) is 3. The minimum absolute atomic E-state index is 0.143. The Morgan fingerprint density at radius 2 is 2.20 bits per heavy atom. The molecule has 1 aromatic carbocycles. The van der Waals surface area contributed by atoms with E-state index in [1.54, 1.807) is 25.1 Å². The fourth-order valence-electron chi connectivity index (χ4n) is 1.19. The Morgan fingerprint density at radius 3 is 2.73 bits per heavy atom. The number of phenolic OH excluding ortho intramolecular Hbond substituents is 1. The predicted octanol–water partition coefficient (Wildman–Crippen LogP) is 2.44. The van der Waals surface area contributed by atoms with Crippen molar-refractivity contribution in [3.63, 3.8) is 0 Å². The molecule has 3 nitrogen and oxygen atoms in total. The Labute approximate surface area is 89.0 Å². The summed E-state index contributed by atoms with van der Waals surface area (Å²) in [5.41, 5.74) is 0.965. The number of phenols is 1. The Kier molecular flexibility index (Phi) is 3.50. The van der Waals surface area contributed by atoms with Gasteiger partial charge in [-0.05, 0) is 25.5 Å². The van der Waals surface area contributed by atoms with Crippen molar-refractivity contribution in [1.29, 1.82) is 0 Å². The molecule has 3 heteroatoms. The van der Waals surface area contributed by atoms with Crippen LogP contribution in [0.25, 0.3) is 0 Å². The van der Waals surface area contributed by atoms with E-state index in [0.29, 0.717) is 23.3 Å². The average Bonchev–Trinajstić information content (AvgIpc) is 2.18. The molecular formula is C12H14O3. The third-order valence-electron chi connectivity index (χ3n) is 2.01. The van der Waals surface area contributed by atoms with Crippen LogP contribution in [0, 0.1) is 0 Å². The summed E-state index contributed by atoms with van der Waals surface area (Å²) in [6, 6.07) is 4.85. The largest absolute Gasteiger partial charge is 0.508 e. The first-order chi connectivity index (χ1) is 7.06. The van der Waals surface area contributed by atoms with Crippen LogP contribution in [-0.4, -0.2) is 11.1 Å². The van der Waals surface area contributed by atoms with E-state index in [0.717, 1.165) is 0 Å². The summed E-state index contributed by atoms with van der Waals surface area (Å²) >= 11 is 0. The van der Waals surface area contributed by atoms with Gasteiger partial charge in [0.05, 0.1) is 0 Å². The number of carbonyl (C=O) groups is 1. The van der Waals surface area contributed by atoms with Crippen LogP contribution in [0.2, 0.25) is 0 Å². The summed E-state index contributed by atoms with van der Waals surface area (Å²) in [5.74, 6) is 0.0605. The maximum Gasteiger partial charge on any atom is 0.338 e. The molecule has 80 valence electrons. The number of esters is 1. The van der Waals surface area contributed by atoms with Gasteiger partial charge in [-0.3, -0.25) is 0 Å². The molecule has 1 rings (SSSR count). The lowest BCUT2D eigenvalue weighted by Crippen LogP contribution is -2.09. The molecule has 0 fully saturated rings.